The molecule has 1 rings (SSSR count). The van der Waals surface area contributed by atoms with E-state index in [0.29, 0.717) is 11.1 Å². The Morgan fingerprint density at radius 3 is 2.05 bits per heavy atom. The van der Waals surface area contributed by atoms with Gasteiger partial charge < -0.3 is 15.3 Å². The predicted molar refractivity (Wildman–Crippen MR) is 79.4 cm³/mol. The Labute approximate surface area is 125 Å². The molecule has 0 atom stereocenters. The molecule has 120 valence electrons. The van der Waals surface area contributed by atoms with E-state index in [2.05, 4.69) is 0 Å². The Morgan fingerprint density at radius 1 is 1.10 bits per heavy atom. The van der Waals surface area contributed by atoms with Crippen molar-refractivity contribution in [1.29, 1.82) is 0 Å². The summed E-state index contributed by atoms with van der Waals surface area (Å²) in [6.45, 7) is 0.550. The maximum Gasteiger partial charge on any atom is 0.242 e. The third-order valence-corrected chi connectivity index (χ3v) is 5.55. The predicted octanol–water partition coefficient (Wildman–Crippen LogP) is -0.249. The van der Waals surface area contributed by atoms with Gasteiger partial charge in [0.1, 0.15) is 0 Å². The number of hydrogen-bond donors (Lipinski definition) is 3. The Bertz CT molecular complexity index is 571. The zero-order chi connectivity index (χ0) is 16.3. The number of benzene rings is 1. The molecule has 0 radical (unpaired) electrons. The fraction of sp³-hybridized carbons (Fsp3) is 0.571. The van der Waals surface area contributed by atoms with Crippen LogP contribution in [-0.4, -0.2) is 62.0 Å². The first-order valence-electron chi connectivity index (χ1n) is 6.57. The van der Waals surface area contributed by atoms with E-state index in [1.807, 2.05) is 0 Å². The van der Waals surface area contributed by atoms with Crippen LogP contribution in [-0.2, 0) is 16.4 Å². The molecule has 0 aliphatic carbocycles. The van der Waals surface area contributed by atoms with E-state index in [4.69, 9.17) is 0 Å². The van der Waals surface area contributed by atoms with Crippen molar-refractivity contribution in [2.45, 2.75) is 18.2 Å². The van der Waals surface area contributed by atoms with E-state index < -0.39 is 15.4 Å². The summed E-state index contributed by atoms with van der Waals surface area (Å²) in [5, 5.41) is 28.1. The maximum absolute atomic E-state index is 12.3. The average Bonchev–Trinajstić information content (AvgIpc) is 2.46. The molecular formula is C14H23NO5S. The maximum atomic E-state index is 12.3. The summed E-state index contributed by atoms with van der Waals surface area (Å²) in [6, 6.07) is 4.95. The molecule has 0 saturated carbocycles. The van der Waals surface area contributed by atoms with Crippen molar-refractivity contribution in [1.82, 2.24) is 4.31 Å². The molecule has 0 amide bonds. The highest BCUT2D eigenvalue weighted by molar-refractivity contribution is 7.89. The van der Waals surface area contributed by atoms with Crippen molar-refractivity contribution >= 4 is 10.0 Å². The van der Waals surface area contributed by atoms with Crippen LogP contribution in [0.25, 0.3) is 0 Å². The van der Waals surface area contributed by atoms with Crippen LogP contribution < -0.4 is 0 Å². The van der Waals surface area contributed by atoms with Gasteiger partial charge in [-0.15, -0.1) is 0 Å². The Kier molecular flexibility index (Phi) is 5.89. The van der Waals surface area contributed by atoms with Gasteiger partial charge in [-0.2, -0.15) is 0 Å². The highest BCUT2D eigenvalue weighted by Gasteiger charge is 2.29. The molecule has 3 N–H and O–H groups in total. The molecule has 0 aromatic heterocycles. The topological polar surface area (TPSA) is 98.1 Å². The van der Waals surface area contributed by atoms with Crippen molar-refractivity contribution < 1.29 is 23.7 Å². The smallest absolute Gasteiger partial charge is 0.242 e. The molecule has 0 bridgehead atoms. The highest BCUT2D eigenvalue weighted by Crippen LogP contribution is 2.26. The van der Waals surface area contributed by atoms with Gasteiger partial charge in [0.25, 0.3) is 0 Å². The molecule has 0 heterocycles. The third kappa shape index (κ3) is 3.81. The Hall–Kier alpha value is -0.990. The van der Waals surface area contributed by atoms with Crippen LogP contribution in [0.15, 0.2) is 23.1 Å². The monoisotopic (exact) mass is 317 g/mol. The highest BCUT2D eigenvalue weighted by atomic mass is 32.2. The zero-order valence-electron chi connectivity index (χ0n) is 12.6. The van der Waals surface area contributed by atoms with Gasteiger partial charge in [0.2, 0.25) is 10.0 Å². The van der Waals surface area contributed by atoms with Crippen molar-refractivity contribution in [2.75, 3.05) is 33.9 Å². The summed E-state index contributed by atoms with van der Waals surface area (Å²) in [4.78, 5) is 0.188. The minimum Gasteiger partial charge on any atom is -0.396 e. The number of nitrogens with zero attached hydrogens (tertiary/aromatic N) is 1. The minimum atomic E-state index is -3.56. The van der Waals surface area contributed by atoms with Gasteiger partial charge in [-0.05, 0) is 30.5 Å². The molecule has 0 unspecified atom stereocenters. The molecule has 7 heteroatoms. The van der Waals surface area contributed by atoms with Gasteiger partial charge in [-0.3, -0.25) is 0 Å². The fourth-order valence-corrected chi connectivity index (χ4v) is 3.15. The number of aliphatic hydroxyl groups is 3. The standard InChI is InChI=1S/C14H23NO5S/c1-11-4-5-12(7-14(8-16,9-17)10-18)6-13(11)21(19,20)15(2)3/h4-6,16-18H,7-10H2,1-3H3. The molecule has 21 heavy (non-hydrogen) atoms. The van der Waals surface area contributed by atoms with E-state index in [1.165, 1.54) is 20.2 Å². The molecule has 6 nitrogen and oxygen atoms in total. The van der Waals surface area contributed by atoms with Gasteiger partial charge in [0, 0.05) is 19.5 Å². The Balaban J connectivity index is 3.25. The normalized spacial score (nSPS) is 12.9. The minimum absolute atomic E-state index is 0.187. The zero-order valence-corrected chi connectivity index (χ0v) is 13.4. The third-order valence-electron chi connectivity index (χ3n) is 3.60. The molecule has 1 aromatic rings. The van der Waals surface area contributed by atoms with E-state index in [-0.39, 0.29) is 31.1 Å². The molecule has 0 aliphatic rings. The van der Waals surface area contributed by atoms with E-state index in [0.717, 1.165) is 4.31 Å². The quantitative estimate of drug-likeness (QED) is 0.644. The number of sulfonamides is 1. The molecule has 0 saturated heterocycles. The summed E-state index contributed by atoms with van der Waals surface area (Å²) < 4.78 is 25.6. The summed E-state index contributed by atoms with van der Waals surface area (Å²) >= 11 is 0. The van der Waals surface area contributed by atoms with Crippen LogP contribution in [0.5, 0.6) is 0 Å². The molecular weight excluding hydrogens is 294 g/mol. The van der Waals surface area contributed by atoms with Crippen molar-refractivity contribution in [3.63, 3.8) is 0 Å². The van der Waals surface area contributed by atoms with Gasteiger partial charge in [-0.1, -0.05) is 12.1 Å². The van der Waals surface area contributed by atoms with Gasteiger partial charge >= 0.3 is 0 Å². The van der Waals surface area contributed by atoms with E-state index in [9.17, 15) is 23.7 Å². The summed E-state index contributed by atoms with van der Waals surface area (Å²) in [7, 11) is -0.642. The second kappa shape index (κ2) is 6.85. The van der Waals surface area contributed by atoms with E-state index in [1.54, 1.807) is 19.1 Å². The fourth-order valence-electron chi connectivity index (χ4n) is 1.98. The average molecular weight is 317 g/mol. The Morgan fingerprint density at radius 2 is 1.62 bits per heavy atom. The van der Waals surface area contributed by atoms with Crippen LogP contribution >= 0.6 is 0 Å². The van der Waals surface area contributed by atoms with Crippen LogP contribution in [0.3, 0.4) is 0 Å². The summed E-state index contributed by atoms with van der Waals surface area (Å²) in [5.74, 6) is 0. The lowest BCUT2D eigenvalue weighted by Gasteiger charge is -2.27. The van der Waals surface area contributed by atoms with Crippen molar-refractivity contribution in [3.8, 4) is 0 Å². The number of aryl methyl sites for hydroxylation is 1. The largest absolute Gasteiger partial charge is 0.396 e. The van der Waals surface area contributed by atoms with Crippen LogP contribution in [0.4, 0.5) is 0 Å². The SMILES string of the molecule is Cc1ccc(CC(CO)(CO)CO)cc1S(=O)(=O)N(C)C. The summed E-state index contributed by atoms with van der Waals surface area (Å²) in [5.41, 5.74) is 0.197. The van der Waals surface area contributed by atoms with Crippen molar-refractivity contribution in [2.24, 2.45) is 5.41 Å². The van der Waals surface area contributed by atoms with Crippen LogP contribution in [0.2, 0.25) is 0 Å². The molecule has 0 aliphatic heterocycles. The van der Waals surface area contributed by atoms with Gasteiger partial charge in [0.05, 0.1) is 24.7 Å². The first-order chi connectivity index (χ1) is 9.72. The van der Waals surface area contributed by atoms with Crippen LogP contribution in [0.1, 0.15) is 11.1 Å². The molecule has 0 fully saturated rings. The van der Waals surface area contributed by atoms with Crippen molar-refractivity contribution in [3.05, 3.63) is 29.3 Å². The van der Waals surface area contributed by atoms with Gasteiger partial charge in [-0.25, -0.2) is 12.7 Å². The van der Waals surface area contributed by atoms with Crippen LogP contribution in [0, 0.1) is 12.3 Å². The van der Waals surface area contributed by atoms with E-state index >= 15 is 0 Å². The first kappa shape index (κ1) is 18.1. The molecule has 1 aromatic carbocycles. The summed E-state index contributed by atoms with van der Waals surface area (Å²) in [6.07, 6.45) is 0.187. The second-order valence-corrected chi connectivity index (χ2v) is 7.66. The lowest BCUT2D eigenvalue weighted by atomic mass is 9.84. The first-order valence-corrected chi connectivity index (χ1v) is 8.01. The second-order valence-electron chi connectivity index (χ2n) is 5.54. The number of aliphatic hydroxyl groups excluding tert-OH is 3. The number of hydrogen-bond acceptors (Lipinski definition) is 5. The lowest BCUT2D eigenvalue weighted by Crippen LogP contribution is -2.36. The number of rotatable bonds is 7. The van der Waals surface area contributed by atoms with Gasteiger partial charge in [0.15, 0.2) is 0 Å². The lowest BCUT2D eigenvalue weighted by molar-refractivity contribution is 0.00596. The molecule has 0 spiro atoms.